The van der Waals surface area contributed by atoms with E-state index in [0.717, 1.165) is 28.2 Å². The molecule has 0 saturated carbocycles. The first kappa shape index (κ1) is 22.3. The number of nitrogens with two attached hydrogens (primary N) is 1. The van der Waals surface area contributed by atoms with Crippen LogP contribution in [0.4, 0.5) is 4.79 Å². The van der Waals surface area contributed by atoms with Crippen LogP contribution in [0.5, 0.6) is 0 Å². The van der Waals surface area contributed by atoms with E-state index in [-0.39, 0.29) is 12.5 Å². The van der Waals surface area contributed by atoms with Gasteiger partial charge in [0.1, 0.15) is 17.9 Å². The van der Waals surface area contributed by atoms with Gasteiger partial charge in [0.2, 0.25) is 5.91 Å². The second-order valence-corrected chi connectivity index (χ2v) is 9.36. The van der Waals surface area contributed by atoms with E-state index >= 15 is 0 Å². The molecule has 2 saturated heterocycles. The van der Waals surface area contributed by atoms with Gasteiger partial charge in [-0.15, -0.1) is 0 Å². The normalized spacial score (nSPS) is 19.1. The number of urea groups is 1. The van der Waals surface area contributed by atoms with Crippen molar-refractivity contribution in [2.75, 3.05) is 26.2 Å². The molecule has 9 nitrogen and oxygen atoms in total. The van der Waals surface area contributed by atoms with E-state index in [4.69, 9.17) is 10.7 Å². The van der Waals surface area contributed by atoms with E-state index in [2.05, 4.69) is 29.4 Å². The lowest BCUT2D eigenvalue weighted by Gasteiger charge is -2.42. The lowest BCUT2D eigenvalue weighted by atomic mass is 9.85. The van der Waals surface area contributed by atoms with Gasteiger partial charge >= 0.3 is 6.03 Å². The van der Waals surface area contributed by atoms with Crippen LogP contribution in [-0.2, 0) is 23.2 Å². The number of imidazole rings is 1. The molecule has 1 aromatic heterocycles. The summed E-state index contributed by atoms with van der Waals surface area (Å²) in [4.78, 5) is 47.7. The van der Waals surface area contributed by atoms with Crippen LogP contribution in [0.2, 0.25) is 0 Å². The number of amides is 4. The Labute approximate surface area is 188 Å². The van der Waals surface area contributed by atoms with Gasteiger partial charge < -0.3 is 15.2 Å². The third kappa shape index (κ3) is 3.85. The molecule has 172 valence electrons. The topological polar surface area (TPSA) is 105 Å². The van der Waals surface area contributed by atoms with Crippen molar-refractivity contribution in [2.45, 2.75) is 45.2 Å². The minimum atomic E-state index is -0.885. The molecule has 0 unspecified atom stereocenters. The van der Waals surface area contributed by atoms with Crippen LogP contribution >= 0.6 is 0 Å². The Bertz CT molecular complexity index is 1040. The number of para-hydroxylation sites is 2. The van der Waals surface area contributed by atoms with Crippen LogP contribution < -0.4 is 5.73 Å². The second kappa shape index (κ2) is 8.54. The Kier molecular flexibility index (Phi) is 5.94. The molecule has 4 rings (SSSR count). The molecule has 0 aliphatic carbocycles. The van der Waals surface area contributed by atoms with E-state index in [9.17, 15) is 14.4 Å². The number of carbonyl (C=O) groups excluding carboxylic acids is 3. The lowest BCUT2D eigenvalue weighted by Crippen LogP contribution is -2.56. The van der Waals surface area contributed by atoms with Crippen molar-refractivity contribution in [3.05, 3.63) is 30.1 Å². The molecule has 2 N–H and O–H groups in total. The molecule has 0 bridgehead atoms. The maximum absolute atomic E-state index is 13.3. The molecule has 2 fully saturated rings. The summed E-state index contributed by atoms with van der Waals surface area (Å²) in [7, 11) is 2.02. The van der Waals surface area contributed by atoms with Gasteiger partial charge in [0, 0.05) is 26.7 Å². The van der Waals surface area contributed by atoms with E-state index in [1.807, 2.05) is 25.2 Å². The maximum atomic E-state index is 13.3. The van der Waals surface area contributed by atoms with Crippen LogP contribution in [-0.4, -0.2) is 73.8 Å². The van der Waals surface area contributed by atoms with Crippen molar-refractivity contribution in [3.8, 4) is 0 Å². The monoisotopic (exact) mass is 440 g/mol. The number of fused-ring (bicyclic) bond motifs is 1. The zero-order valence-corrected chi connectivity index (χ0v) is 19.1. The minimum absolute atomic E-state index is 0.285. The summed E-state index contributed by atoms with van der Waals surface area (Å²) in [5.74, 6) is 0.417. The van der Waals surface area contributed by atoms with E-state index in [0.29, 0.717) is 44.9 Å². The summed E-state index contributed by atoms with van der Waals surface area (Å²) in [6.07, 6.45) is 1.87. The van der Waals surface area contributed by atoms with E-state index in [1.165, 1.54) is 0 Å². The number of primary amides is 1. The van der Waals surface area contributed by atoms with E-state index in [1.54, 1.807) is 4.90 Å². The lowest BCUT2D eigenvalue weighted by molar-refractivity contribution is -0.137. The van der Waals surface area contributed by atoms with Crippen LogP contribution in [0.15, 0.2) is 24.3 Å². The summed E-state index contributed by atoms with van der Waals surface area (Å²) in [5.41, 5.74) is 6.49. The largest absolute Gasteiger partial charge is 0.368 e. The number of likely N-dealkylation sites (tertiary alicyclic amines) is 1. The molecule has 2 aliphatic rings. The minimum Gasteiger partial charge on any atom is -0.368 e. The Morgan fingerprint density at radius 3 is 2.50 bits per heavy atom. The molecule has 1 aromatic carbocycles. The number of nitrogens with zero attached hydrogens (tertiary/aromatic N) is 5. The molecule has 4 amide bonds. The van der Waals surface area contributed by atoms with Crippen LogP contribution in [0.3, 0.4) is 0 Å². The first-order valence-corrected chi connectivity index (χ1v) is 11.3. The van der Waals surface area contributed by atoms with Gasteiger partial charge in [-0.2, -0.15) is 0 Å². The molecule has 2 aliphatic heterocycles. The molecule has 3 heterocycles. The predicted molar refractivity (Wildman–Crippen MR) is 120 cm³/mol. The molecule has 32 heavy (non-hydrogen) atoms. The molecule has 0 atom stereocenters. The van der Waals surface area contributed by atoms with E-state index < -0.39 is 17.5 Å². The van der Waals surface area contributed by atoms with Crippen LogP contribution in [0.25, 0.3) is 11.0 Å². The number of aromatic nitrogens is 2. The van der Waals surface area contributed by atoms with Crippen molar-refractivity contribution in [1.82, 2.24) is 24.3 Å². The summed E-state index contributed by atoms with van der Waals surface area (Å²) < 4.78 is 2.10. The predicted octanol–water partition coefficient (Wildman–Crippen LogP) is 1.70. The summed E-state index contributed by atoms with van der Waals surface area (Å²) in [6.45, 7) is 6.35. The number of benzene rings is 1. The zero-order valence-electron chi connectivity index (χ0n) is 19.1. The average Bonchev–Trinajstić information content (AvgIpc) is 3.16. The standard InChI is InChI=1S/C23H32N6O3/c1-16(2)8-11-29-22(32)28(14-19(24)30)21(31)23(29)9-12-27(13-10-23)15-20-25-17-6-4-5-7-18(17)26(20)3/h4-7,16H,8-15H2,1-3H3,(H2,24,30). The highest BCUT2D eigenvalue weighted by molar-refractivity contribution is 6.09. The quantitative estimate of drug-likeness (QED) is 0.660. The summed E-state index contributed by atoms with van der Waals surface area (Å²) in [6, 6.07) is 7.66. The van der Waals surface area contributed by atoms with Gasteiger partial charge in [0.25, 0.3) is 5.91 Å². The van der Waals surface area contributed by atoms with Gasteiger partial charge in [-0.25, -0.2) is 9.78 Å². The zero-order chi connectivity index (χ0) is 23.0. The third-order valence-corrected chi connectivity index (χ3v) is 6.79. The molecular formula is C23H32N6O3. The number of carbonyl (C=O) groups is 3. The molecule has 1 spiro atoms. The SMILES string of the molecule is CC(C)CCN1C(=O)N(CC(N)=O)C(=O)C12CCN(Cc1nc3ccccc3n1C)CC2. The van der Waals surface area contributed by atoms with Gasteiger partial charge in [0.05, 0.1) is 17.6 Å². The van der Waals surface area contributed by atoms with Crippen molar-refractivity contribution in [2.24, 2.45) is 18.7 Å². The number of hydrogen-bond donors (Lipinski definition) is 1. The highest BCUT2D eigenvalue weighted by Gasteiger charge is 2.57. The summed E-state index contributed by atoms with van der Waals surface area (Å²) in [5, 5.41) is 0. The van der Waals surface area contributed by atoms with Gasteiger partial charge in [-0.3, -0.25) is 19.4 Å². The van der Waals surface area contributed by atoms with Crippen LogP contribution in [0.1, 0.15) is 38.9 Å². The highest BCUT2D eigenvalue weighted by Crippen LogP contribution is 2.38. The average molecular weight is 441 g/mol. The molecule has 2 aromatic rings. The highest BCUT2D eigenvalue weighted by atomic mass is 16.2. The van der Waals surface area contributed by atoms with Crippen molar-refractivity contribution in [3.63, 3.8) is 0 Å². The number of rotatable bonds is 7. The maximum Gasteiger partial charge on any atom is 0.328 e. The molecule has 9 heteroatoms. The Morgan fingerprint density at radius 2 is 1.88 bits per heavy atom. The molecular weight excluding hydrogens is 408 g/mol. The fourth-order valence-corrected chi connectivity index (χ4v) is 4.88. The number of hydrogen-bond acceptors (Lipinski definition) is 5. The Hall–Kier alpha value is -2.94. The second-order valence-electron chi connectivity index (χ2n) is 9.36. The first-order valence-electron chi connectivity index (χ1n) is 11.3. The van der Waals surface area contributed by atoms with Crippen molar-refractivity contribution >= 4 is 28.9 Å². The smallest absolute Gasteiger partial charge is 0.328 e. The number of aryl methyl sites for hydroxylation is 1. The van der Waals surface area contributed by atoms with Crippen molar-refractivity contribution in [1.29, 1.82) is 0 Å². The van der Waals surface area contributed by atoms with Gasteiger partial charge in [-0.05, 0) is 37.3 Å². The fraction of sp³-hybridized carbons (Fsp3) is 0.565. The first-order chi connectivity index (χ1) is 15.2. The number of imide groups is 1. The fourth-order valence-electron chi connectivity index (χ4n) is 4.88. The van der Waals surface area contributed by atoms with Gasteiger partial charge in [-0.1, -0.05) is 26.0 Å². The number of piperidine rings is 1. The Balaban J connectivity index is 1.51. The molecule has 0 radical (unpaired) electrons. The van der Waals surface area contributed by atoms with Crippen LogP contribution in [0, 0.1) is 5.92 Å². The summed E-state index contributed by atoms with van der Waals surface area (Å²) >= 11 is 0. The van der Waals surface area contributed by atoms with Gasteiger partial charge in [0.15, 0.2) is 0 Å². The Morgan fingerprint density at radius 1 is 1.19 bits per heavy atom. The third-order valence-electron chi connectivity index (χ3n) is 6.79. The van der Waals surface area contributed by atoms with Crippen molar-refractivity contribution < 1.29 is 14.4 Å².